The molecule has 1 heterocycles. The fourth-order valence-electron chi connectivity index (χ4n) is 1.91. The van der Waals surface area contributed by atoms with E-state index in [1.54, 1.807) is 0 Å². The summed E-state index contributed by atoms with van der Waals surface area (Å²) < 4.78 is 5.66. The molecule has 0 atom stereocenters. The minimum absolute atomic E-state index is 0.0998. The summed E-state index contributed by atoms with van der Waals surface area (Å²) in [6.07, 6.45) is 0.616. The first-order valence-corrected chi connectivity index (χ1v) is 6.56. The van der Waals surface area contributed by atoms with Crippen LogP contribution in [-0.4, -0.2) is 16.7 Å². The van der Waals surface area contributed by atoms with E-state index in [0.717, 1.165) is 11.1 Å². The second-order valence-electron chi connectivity index (χ2n) is 5.82. The van der Waals surface area contributed by atoms with Crippen molar-refractivity contribution in [2.45, 2.75) is 39.5 Å². The highest BCUT2D eigenvalue weighted by atomic mass is 16.4. The second kappa shape index (κ2) is 5.13. The van der Waals surface area contributed by atoms with E-state index in [0.29, 0.717) is 24.7 Å². The van der Waals surface area contributed by atoms with Crippen molar-refractivity contribution in [2.75, 3.05) is 6.54 Å². The maximum absolute atomic E-state index is 5.66. The third-order valence-electron chi connectivity index (χ3n) is 3.16. The third-order valence-corrected chi connectivity index (χ3v) is 3.16. The molecule has 0 amide bonds. The lowest BCUT2D eigenvalue weighted by Crippen LogP contribution is -2.11. The predicted octanol–water partition coefficient (Wildman–Crippen LogP) is 2.84. The van der Waals surface area contributed by atoms with Crippen LogP contribution in [0.2, 0.25) is 0 Å². The molecule has 0 fully saturated rings. The number of aromatic nitrogens is 2. The monoisotopic (exact) mass is 259 g/mol. The van der Waals surface area contributed by atoms with Crippen molar-refractivity contribution in [2.24, 2.45) is 5.73 Å². The minimum atomic E-state index is 0.0998. The highest BCUT2D eigenvalue weighted by Gasteiger charge is 2.17. The summed E-state index contributed by atoms with van der Waals surface area (Å²) >= 11 is 0. The number of hydrogen-bond donors (Lipinski definition) is 1. The average Bonchev–Trinajstić information content (AvgIpc) is 2.77. The molecule has 0 spiro atoms. The fraction of sp³-hybridized carbons (Fsp3) is 0.467. The standard InChI is InChI=1S/C15H21N3O/c1-10-5-6-11(15(2,3)4)9-12(10)14-18-17-13(19-14)7-8-16/h5-6,9H,7-8,16H2,1-4H3. The first kappa shape index (κ1) is 13.7. The molecule has 0 bridgehead atoms. The summed E-state index contributed by atoms with van der Waals surface area (Å²) in [5.74, 6) is 1.17. The fourth-order valence-corrected chi connectivity index (χ4v) is 1.91. The van der Waals surface area contributed by atoms with Gasteiger partial charge in [0, 0.05) is 18.5 Å². The zero-order chi connectivity index (χ0) is 14.0. The molecule has 0 unspecified atom stereocenters. The molecular weight excluding hydrogens is 238 g/mol. The van der Waals surface area contributed by atoms with Crippen molar-refractivity contribution in [1.82, 2.24) is 10.2 Å². The Bertz CT molecular complexity index is 567. The van der Waals surface area contributed by atoms with Crippen molar-refractivity contribution >= 4 is 0 Å². The molecule has 0 saturated carbocycles. The van der Waals surface area contributed by atoms with Crippen LogP contribution in [0, 0.1) is 6.92 Å². The first-order valence-electron chi connectivity index (χ1n) is 6.56. The summed E-state index contributed by atoms with van der Waals surface area (Å²) in [6, 6.07) is 6.38. The van der Waals surface area contributed by atoms with Crippen LogP contribution >= 0.6 is 0 Å². The average molecular weight is 259 g/mol. The molecule has 4 heteroatoms. The van der Waals surface area contributed by atoms with E-state index in [1.165, 1.54) is 5.56 Å². The van der Waals surface area contributed by atoms with Crippen LogP contribution in [0.15, 0.2) is 22.6 Å². The summed E-state index contributed by atoms with van der Waals surface area (Å²) in [6.45, 7) is 9.14. The molecule has 0 saturated heterocycles. The molecule has 0 aliphatic carbocycles. The van der Waals surface area contributed by atoms with Gasteiger partial charge in [-0.1, -0.05) is 32.9 Å². The van der Waals surface area contributed by atoms with Gasteiger partial charge < -0.3 is 10.2 Å². The molecule has 0 radical (unpaired) electrons. The molecular formula is C15H21N3O. The maximum Gasteiger partial charge on any atom is 0.248 e. The van der Waals surface area contributed by atoms with Crippen molar-refractivity contribution in [3.63, 3.8) is 0 Å². The number of benzene rings is 1. The van der Waals surface area contributed by atoms with E-state index in [-0.39, 0.29) is 5.41 Å². The Morgan fingerprint density at radius 2 is 1.95 bits per heavy atom. The molecule has 2 N–H and O–H groups in total. The molecule has 1 aromatic heterocycles. The Balaban J connectivity index is 2.42. The quantitative estimate of drug-likeness (QED) is 0.920. The van der Waals surface area contributed by atoms with Crippen LogP contribution < -0.4 is 5.73 Å². The van der Waals surface area contributed by atoms with Crippen LogP contribution in [0.5, 0.6) is 0 Å². The van der Waals surface area contributed by atoms with E-state index < -0.39 is 0 Å². The van der Waals surface area contributed by atoms with E-state index >= 15 is 0 Å². The lowest BCUT2D eigenvalue weighted by molar-refractivity contribution is 0.506. The summed E-state index contributed by atoms with van der Waals surface area (Å²) in [4.78, 5) is 0. The number of hydrogen-bond acceptors (Lipinski definition) is 4. The van der Waals surface area contributed by atoms with Gasteiger partial charge in [0.15, 0.2) is 0 Å². The van der Waals surface area contributed by atoms with Gasteiger partial charge in [-0.15, -0.1) is 10.2 Å². The van der Waals surface area contributed by atoms with Gasteiger partial charge in [-0.25, -0.2) is 0 Å². The molecule has 102 valence electrons. The van der Waals surface area contributed by atoms with Gasteiger partial charge in [-0.2, -0.15) is 0 Å². The minimum Gasteiger partial charge on any atom is -0.421 e. The van der Waals surface area contributed by atoms with Crippen LogP contribution in [0.25, 0.3) is 11.5 Å². The van der Waals surface area contributed by atoms with Gasteiger partial charge in [-0.05, 0) is 29.5 Å². The van der Waals surface area contributed by atoms with Gasteiger partial charge in [0.2, 0.25) is 11.8 Å². The van der Waals surface area contributed by atoms with Crippen molar-refractivity contribution in [3.8, 4) is 11.5 Å². The number of aryl methyl sites for hydroxylation is 1. The third kappa shape index (κ3) is 3.01. The molecule has 0 aliphatic heterocycles. The molecule has 2 aromatic rings. The Morgan fingerprint density at radius 1 is 1.21 bits per heavy atom. The lowest BCUT2D eigenvalue weighted by Gasteiger charge is -2.20. The largest absolute Gasteiger partial charge is 0.421 e. The van der Waals surface area contributed by atoms with Crippen molar-refractivity contribution in [1.29, 1.82) is 0 Å². The SMILES string of the molecule is Cc1ccc(C(C)(C)C)cc1-c1nnc(CCN)o1. The molecule has 1 aromatic carbocycles. The highest BCUT2D eigenvalue weighted by Crippen LogP contribution is 2.29. The second-order valence-corrected chi connectivity index (χ2v) is 5.82. The maximum atomic E-state index is 5.66. The molecule has 2 rings (SSSR count). The van der Waals surface area contributed by atoms with Gasteiger partial charge in [-0.3, -0.25) is 0 Å². The lowest BCUT2D eigenvalue weighted by atomic mass is 9.85. The Kier molecular flexibility index (Phi) is 3.71. The number of rotatable bonds is 3. The van der Waals surface area contributed by atoms with Crippen LogP contribution in [-0.2, 0) is 11.8 Å². The van der Waals surface area contributed by atoms with E-state index in [2.05, 4.69) is 56.1 Å². The predicted molar refractivity (Wildman–Crippen MR) is 75.9 cm³/mol. The Labute approximate surface area is 114 Å². The van der Waals surface area contributed by atoms with E-state index in [9.17, 15) is 0 Å². The number of nitrogens with zero attached hydrogens (tertiary/aromatic N) is 2. The van der Waals surface area contributed by atoms with Crippen molar-refractivity contribution in [3.05, 3.63) is 35.2 Å². The van der Waals surface area contributed by atoms with Gasteiger partial charge in [0.25, 0.3) is 0 Å². The van der Waals surface area contributed by atoms with Gasteiger partial charge >= 0.3 is 0 Å². The van der Waals surface area contributed by atoms with Crippen LogP contribution in [0.4, 0.5) is 0 Å². The molecule has 4 nitrogen and oxygen atoms in total. The summed E-state index contributed by atoms with van der Waals surface area (Å²) in [5, 5.41) is 8.14. The zero-order valence-electron chi connectivity index (χ0n) is 12.0. The van der Waals surface area contributed by atoms with Gasteiger partial charge in [0.1, 0.15) is 0 Å². The molecule has 19 heavy (non-hydrogen) atoms. The normalized spacial score (nSPS) is 11.8. The smallest absolute Gasteiger partial charge is 0.248 e. The number of nitrogens with two attached hydrogens (primary N) is 1. The summed E-state index contributed by atoms with van der Waals surface area (Å²) in [7, 11) is 0. The summed E-state index contributed by atoms with van der Waals surface area (Å²) in [5.41, 5.74) is 8.99. The Hall–Kier alpha value is -1.68. The van der Waals surface area contributed by atoms with Crippen LogP contribution in [0.1, 0.15) is 37.8 Å². The van der Waals surface area contributed by atoms with E-state index in [1.807, 2.05) is 0 Å². The first-order chi connectivity index (χ1) is 8.91. The zero-order valence-corrected chi connectivity index (χ0v) is 12.0. The highest BCUT2D eigenvalue weighted by molar-refractivity contribution is 5.59. The van der Waals surface area contributed by atoms with Crippen molar-refractivity contribution < 1.29 is 4.42 Å². The van der Waals surface area contributed by atoms with E-state index in [4.69, 9.17) is 10.2 Å². The topological polar surface area (TPSA) is 64.9 Å². The van der Waals surface area contributed by atoms with Gasteiger partial charge in [0.05, 0.1) is 0 Å². The molecule has 0 aliphatic rings. The Morgan fingerprint density at radius 3 is 2.58 bits per heavy atom. The van der Waals surface area contributed by atoms with Crippen LogP contribution in [0.3, 0.4) is 0 Å².